The minimum Gasteiger partial charge on any atom is -0.462 e. The van der Waals surface area contributed by atoms with E-state index in [-0.39, 0.29) is 42.3 Å². The maximum Gasteiger partial charge on any atom is 0.306 e. The van der Waals surface area contributed by atoms with Gasteiger partial charge < -0.3 is 40.6 Å². The van der Waals surface area contributed by atoms with Crippen molar-refractivity contribution in [2.45, 2.75) is 102 Å². The highest BCUT2D eigenvalue weighted by molar-refractivity contribution is 7.99. The molecule has 0 aromatic carbocycles. The molecule has 1 aliphatic heterocycles. The van der Waals surface area contributed by atoms with Gasteiger partial charge in [-0.15, -0.1) is 5.10 Å². The maximum absolute atomic E-state index is 12.6. The van der Waals surface area contributed by atoms with E-state index in [0.717, 1.165) is 43.2 Å². The van der Waals surface area contributed by atoms with Crippen molar-refractivity contribution in [1.29, 1.82) is 0 Å². The minimum atomic E-state index is -1.34. The van der Waals surface area contributed by atoms with Crippen LogP contribution in [-0.4, -0.2) is 103 Å². The lowest BCUT2D eigenvalue weighted by molar-refractivity contribution is -0.157. The Hall–Kier alpha value is -2.30. The molecule has 1 fully saturated rings. The summed E-state index contributed by atoms with van der Waals surface area (Å²) in [7, 11) is 0. The number of nitrogens with one attached hydrogen (secondary N) is 1. The number of nitrogens with zero attached hydrogens (tertiary/aromatic N) is 3. The maximum atomic E-state index is 12.6. The molecule has 15 heteroatoms. The predicted octanol–water partition coefficient (Wildman–Crippen LogP) is 0.504. The van der Waals surface area contributed by atoms with Crippen LogP contribution in [0.2, 0.25) is 0 Å². The van der Waals surface area contributed by atoms with Gasteiger partial charge in [0.05, 0.1) is 18.8 Å². The first-order chi connectivity index (χ1) is 19.2. The molecule has 228 valence electrons. The van der Waals surface area contributed by atoms with Crippen LogP contribution in [-0.2, 0) is 28.6 Å². The number of hydrogen-bond acceptors (Lipinski definition) is 13. The fourth-order valence-corrected chi connectivity index (χ4v) is 4.80. The zero-order valence-electron chi connectivity index (χ0n) is 23.1. The van der Waals surface area contributed by atoms with Gasteiger partial charge in [0, 0.05) is 24.3 Å². The number of rotatable bonds is 19. The van der Waals surface area contributed by atoms with Crippen LogP contribution >= 0.6 is 11.8 Å². The Kier molecular flexibility index (Phi) is 15.4. The summed E-state index contributed by atoms with van der Waals surface area (Å²) < 4.78 is 17.4. The lowest BCUT2D eigenvalue weighted by Gasteiger charge is -2.19. The summed E-state index contributed by atoms with van der Waals surface area (Å²) in [4.78, 5) is 36.8. The fraction of sp³-hybridized carbons (Fsp3) is 0.800. The van der Waals surface area contributed by atoms with Crippen molar-refractivity contribution < 1.29 is 43.9 Å². The van der Waals surface area contributed by atoms with E-state index in [9.17, 15) is 29.7 Å². The van der Waals surface area contributed by atoms with Crippen molar-refractivity contribution in [3.63, 3.8) is 0 Å². The van der Waals surface area contributed by atoms with Crippen molar-refractivity contribution in [2.24, 2.45) is 5.73 Å². The Morgan fingerprint density at radius 3 is 2.40 bits per heavy atom. The van der Waals surface area contributed by atoms with Gasteiger partial charge in [-0.3, -0.25) is 14.4 Å². The second kappa shape index (κ2) is 18.2. The van der Waals surface area contributed by atoms with Gasteiger partial charge in [-0.25, -0.2) is 4.68 Å². The topological polar surface area (TPSA) is 208 Å². The monoisotopic (exact) mass is 589 g/mol. The predicted molar refractivity (Wildman–Crippen MR) is 146 cm³/mol. The van der Waals surface area contributed by atoms with Gasteiger partial charge in [0.25, 0.3) is 0 Å². The summed E-state index contributed by atoms with van der Waals surface area (Å²) in [5, 5.41) is 39.4. The number of aromatic nitrogens is 3. The number of aliphatic hydroxyl groups is 3. The molecule has 1 aromatic rings. The molecule has 6 N–H and O–H groups in total. The minimum absolute atomic E-state index is 0.0528. The number of ether oxygens (including phenoxy) is 3. The molecule has 3 unspecified atom stereocenters. The first-order valence-corrected chi connectivity index (χ1v) is 14.9. The van der Waals surface area contributed by atoms with Gasteiger partial charge in [-0.05, 0) is 12.8 Å². The molecule has 14 nitrogen and oxygen atoms in total. The number of unbranched alkanes of at least 4 members (excludes halogenated alkanes) is 4. The Morgan fingerprint density at radius 1 is 1.10 bits per heavy atom. The summed E-state index contributed by atoms with van der Waals surface area (Å²) in [5.74, 6) is -0.729. The molecular formula is C25H43N5O9S. The summed E-state index contributed by atoms with van der Waals surface area (Å²) in [6.45, 7) is 3.53. The average molecular weight is 590 g/mol. The zero-order valence-corrected chi connectivity index (χ0v) is 24.0. The number of amides is 1. The third-order valence-corrected chi connectivity index (χ3v) is 7.38. The van der Waals surface area contributed by atoms with Crippen LogP contribution in [0.25, 0.3) is 0 Å². The first-order valence-electron chi connectivity index (χ1n) is 13.7. The standard InChI is InChI=1S/C25H43N5O9S/c1-3-5-7-9-20(32)37-13-16(38-21(33)10-8-6-4-2)14-40-15-17(26)24(36)27-19-11-30(29-28-19)25-23(35)22(34)18(12-31)39-25/h11,16-18,22-23,25,31,34-35H,3-10,12-15,26H2,1-2H3,(H,27,36)/t16?,17?,18?,22-,23+,25+/m1/s1. The van der Waals surface area contributed by atoms with Crippen molar-refractivity contribution in [1.82, 2.24) is 15.0 Å². The molecule has 2 heterocycles. The second-order valence-corrected chi connectivity index (χ2v) is 10.7. The molecule has 0 radical (unpaired) electrons. The summed E-state index contributed by atoms with van der Waals surface area (Å²) >= 11 is 1.28. The number of carbonyl (C=O) groups excluding carboxylic acids is 3. The molecule has 2 rings (SSSR count). The van der Waals surface area contributed by atoms with E-state index in [4.69, 9.17) is 19.9 Å². The van der Waals surface area contributed by atoms with Crippen LogP contribution in [0, 0.1) is 0 Å². The lowest BCUT2D eigenvalue weighted by atomic mass is 10.1. The molecule has 40 heavy (non-hydrogen) atoms. The van der Waals surface area contributed by atoms with E-state index in [1.165, 1.54) is 18.0 Å². The van der Waals surface area contributed by atoms with Crippen molar-refractivity contribution >= 4 is 35.4 Å². The van der Waals surface area contributed by atoms with Crippen molar-refractivity contribution in [2.75, 3.05) is 30.0 Å². The molecular weight excluding hydrogens is 546 g/mol. The third-order valence-electron chi connectivity index (χ3n) is 6.17. The molecule has 0 aliphatic carbocycles. The van der Waals surface area contributed by atoms with Gasteiger partial charge in [0.2, 0.25) is 5.91 Å². The number of esters is 2. The number of thioether (sulfide) groups is 1. The summed E-state index contributed by atoms with van der Waals surface area (Å²) in [6.07, 6.45) is 1.79. The Bertz CT molecular complexity index is 921. The molecule has 1 amide bonds. The average Bonchev–Trinajstić information content (AvgIpc) is 3.50. The molecule has 6 atom stereocenters. The van der Waals surface area contributed by atoms with Gasteiger partial charge in [0.1, 0.15) is 31.0 Å². The quantitative estimate of drug-likeness (QED) is 0.110. The fourth-order valence-electron chi connectivity index (χ4n) is 3.84. The Morgan fingerprint density at radius 2 is 1.77 bits per heavy atom. The number of nitrogens with two attached hydrogens (primary N) is 1. The Labute approximate surface area is 238 Å². The largest absolute Gasteiger partial charge is 0.462 e. The van der Waals surface area contributed by atoms with E-state index >= 15 is 0 Å². The molecule has 0 bridgehead atoms. The SMILES string of the molecule is CCCCCC(=O)OCC(CSCC(N)C(=O)Nc1cn([C@H]2OC(CO)[C@@H](O)[C@@H]2O)nn1)OC(=O)CCCCC. The third kappa shape index (κ3) is 11.3. The van der Waals surface area contributed by atoms with E-state index in [0.29, 0.717) is 6.42 Å². The molecule has 1 aliphatic rings. The van der Waals surface area contributed by atoms with Crippen LogP contribution in [0.4, 0.5) is 5.82 Å². The van der Waals surface area contributed by atoms with E-state index < -0.39 is 49.2 Å². The van der Waals surface area contributed by atoms with Crippen LogP contribution in [0.5, 0.6) is 0 Å². The van der Waals surface area contributed by atoms with Gasteiger partial charge in [-0.2, -0.15) is 11.8 Å². The van der Waals surface area contributed by atoms with Gasteiger partial charge >= 0.3 is 11.9 Å². The van der Waals surface area contributed by atoms with E-state index in [2.05, 4.69) is 15.6 Å². The normalized spacial score (nSPS) is 22.1. The number of aliphatic hydroxyl groups excluding tert-OH is 3. The highest BCUT2D eigenvalue weighted by atomic mass is 32.2. The Balaban J connectivity index is 1.83. The van der Waals surface area contributed by atoms with Crippen molar-refractivity contribution in [3.8, 4) is 0 Å². The molecule has 0 saturated carbocycles. The van der Waals surface area contributed by atoms with Crippen LogP contribution < -0.4 is 11.1 Å². The van der Waals surface area contributed by atoms with Crippen molar-refractivity contribution in [3.05, 3.63) is 6.20 Å². The second-order valence-electron chi connectivity index (χ2n) is 9.65. The molecule has 0 spiro atoms. The summed E-state index contributed by atoms with van der Waals surface area (Å²) in [6, 6.07) is -0.943. The number of anilines is 1. The van der Waals surface area contributed by atoms with Crippen LogP contribution in [0.1, 0.15) is 71.4 Å². The molecule has 1 aromatic heterocycles. The van der Waals surface area contributed by atoms with Crippen LogP contribution in [0.15, 0.2) is 6.20 Å². The lowest BCUT2D eigenvalue weighted by Crippen LogP contribution is -2.38. The molecule has 1 saturated heterocycles. The van der Waals surface area contributed by atoms with Gasteiger partial charge in [0.15, 0.2) is 12.0 Å². The summed E-state index contributed by atoms with van der Waals surface area (Å²) in [5.41, 5.74) is 6.02. The van der Waals surface area contributed by atoms with Gasteiger partial charge in [-0.1, -0.05) is 44.7 Å². The highest BCUT2D eigenvalue weighted by Crippen LogP contribution is 2.29. The van der Waals surface area contributed by atoms with Crippen LogP contribution in [0.3, 0.4) is 0 Å². The number of hydrogen-bond donors (Lipinski definition) is 5. The number of carbonyl (C=O) groups is 3. The smallest absolute Gasteiger partial charge is 0.306 e. The zero-order chi connectivity index (χ0) is 29.5. The first kappa shape index (κ1) is 33.9. The van der Waals surface area contributed by atoms with E-state index in [1.807, 2.05) is 13.8 Å². The van der Waals surface area contributed by atoms with E-state index in [1.54, 1.807) is 0 Å². The highest BCUT2D eigenvalue weighted by Gasteiger charge is 2.44.